The van der Waals surface area contributed by atoms with Gasteiger partial charge in [-0.05, 0) is 49.4 Å². The standard InChI is InChI=1S/C18H14F4N2O4S/c1-17(26,10-29(27,28)14-6-3-12(19)4-7-14)16(25)24-13-5-2-11(9-23)15(8-13)18(20,21)22/h2-8,26H,10H2,1H3,(H,24,25)/i26D/hD. The van der Waals surface area contributed by atoms with E-state index in [1.807, 2.05) is 0 Å². The summed E-state index contributed by atoms with van der Waals surface area (Å²) < 4.78 is 92.6. The Morgan fingerprint density at radius 3 is 2.41 bits per heavy atom. The zero-order valence-corrected chi connectivity index (χ0v) is 15.5. The highest BCUT2D eigenvalue weighted by atomic mass is 32.2. The van der Waals surface area contributed by atoms with Crippen LogP contribution in [-0.2, 0) is 20.8 Å². The van der Waals surface area contributed by atoms with Crippen molar-refractivity contribution in [3.63, 3.8) is 0 Å². The molecule has 0 spiro atoms. The second-order valence-corrected chi connectivity index (χ2v) is 8.19. The highest BCUT2D eigenvalue weighted by Crippen LogP contribution is 2.33. The van der Waals surface area contributed by atoms with E-state index in [-0.39, 0.29) is 10.2 Å². The lowest BCUT2D eigenvalue weighted by atomic mass is 10.1. The lowest BCUT2D eigenvalue weighted by Gasteiger charge is -2.22. The van der Waals surface area contributed by atoms with Crippen LogP contribution in [0.5, 0.6) is 0 Å². The molecule has 0 bridgehead atoms. The Labute approximate surface area is 166 Å². The molecule has 0 aliphatic heterocycles. The summed E-state index contributed by atoms with van der Waals surface area (Å²) in [6, 6.07) is 6.93. The topological polar surface area (TPSA) is 107 Å². The van der Waals surface area contributed by atoms with E-state index in [1.165, 1.54) is 6.07 Å². The van der Waals surface area contributed by atoms with E-state index in [0.717, 1.165) is 43.3 Å². The van der Waals surface area contributed by atoms with Crippen LogP contribution in [0, 0.1) is 17.1 Å². The van der Waals surface area contributed by atoms with Gasteiger partial charge in [0, 0.05) is 5.69 Å². The number of anilines is 1. The average Bonchev–Trinajstić information content (AvgIpc) is 2.71. The molecule has 11 heteroatoms. The molecule has 1 atom stereocenters. The number of hydrogen-bond donors (Lipinski definition) is 2. The number of carbonyl (C=O) groups is 1. The fourth-order valence-corrected chi connectivity index (χ4v) is 3.89. The number of hydrogen-bond acceptors (Lipinski definition) is 5. The van der Waals surface area contributed by atoms with Crippen molar-refractivity contribution >= 4 is 21.4 Å². The third-order valence-corrected chi connectivity index (χ3v) is 5.67. The predicted molar refractivity (Wildman–Crippen MR) is 93.9 cm³/mol. The maximum absolute atomic E-state index is 13.1. The predicted octanol–water partition coefficient (Wildman–Crippen LogP) is 2.88. The van der Waals surface area contributed by atoms with Crippen LogP contribution in [0.4, 0.5) is 23.2 Å². The Morgan fingerprint density at radius 2 is 1.90 bits per heavy atom. The molecule has 0 heterocycles. The van der Waals surface area contributed by atoms with Gasteiger partial charge >= 0.3 is 6.18 Å². The SMILES string of the molecule is [2H]OC(C)(CS(=O)(=O)c1ccc(F)cc1)C(=O)N([2H])c1ccc(C#N)c(C(F)(F)F)c1. The number of halogens is 4. The highest BCUT2D eigenvalue weighted by Gasteiger charge is 2.38. The molecule has 2 aromatic carbocycles. The van der Waals surface area contributed by atoms with E-state index in [1.54, 1.807) is 0 Å². The minimum Gasteiger partial charge on any atom is -0.379 e. The van der Waals surface area contributed by atoms with Gasteiger partial charge in [0.15, 0.2) is 16.9 Å². The third kappa shape index (κ3) is 5.30. The Morgan fingerprint density at radius 1 is 1.28 bits per heavy atom. The Bertz CT molecular complexity index is 1130. The minimum atomic E-state index is -4.95. The number of aliphatic hydroxyl groups is 1. The van der Waals surface area contributed by atoms with Gasteiger partial charge in [0.2, 0.25) is 1.43 Å². The van der Waals surface area contributed by atoms with E-state index < -0.39 is 55.9 Å². The number of alkyl halides is 3. The van der Waals surface area contributed by atoms with Crippen LogP contribution in [0.3, 0.4) is 0 Å². The monoisotopic (exact) mass is 432 g/mol. The van der Waals surface area contributed by atoms with Crippen molar-refractivity contribution in [2.45, 2.75) is 23.6 Å². The van der Waals surface area contributed by atoms with E-state index in [9.17, 15) is 30.8 Å². The molecular formula is C18H14F4N2O4S. The fourth-order valence-electron chi connectivity index (χ4n) is 2.32. The van der Waals surface area contributed by atoms with Gasteiger partial charge in [-0.15, -0.1) is 0 Å². The van der Waals surface area contributed by atoms with Crippen molar-refractivity contribution in [2.24, 2.45) is 0 Å². The van der Waals surface area contributed by atoms with Gasteiger partial charge in [0.1, 0.15) is 5.82 Å². The van der Waals surface area contributed by atoms with Crippen LogP contribution in [0.15, 0.2) is 47.4 Å². The van der Waals surface area contributed by atoms with Crippen LogP contribution >= 0.6 is 0 Å². The maximum Gasteiger partial charge on any atom is 0.417 e. The summed E-state index contributed by atoms with van der Waals surface area (Å²) >= 11 is 0. The molecule has 0 aromatic heterocycles. The number of carbonyl (C=O) groups excluding carboxylic acids is 1. The van der Waals surface area contributed by atoms with Crippen LogP contribution in [0.2, 0.25) is 1.41 Å². The van der Waals surface area contributed by atoms with Crippen molar-refractivity contribution in [1.29, 1.82) is 6.69 Å². The first-order valence-corrected chi connectivity index (χ1v) is 9.48. The number of nitrogens with one attached hydrogen (secondary N) is 1. The van der Waals surface area contributed by atoms with E-state index in [0.29, 0.717) is 6.07 Å². The van der Waals surface area contributed by atoms with Crippen molar-refractivity contribution in [3.8, 4) is 6.07 Å². The van der Waals surface area contributed by atoms with Gasteiger partial charge in [0.25, 0.3) is 5.91 Å². The minimum absolute atomic E-state index is 0.0505. The molecule has 0 fully saturated rings. The molecule has 2 rings (SSSR count). The molecule has 0 saturated heterocycles. The van der Waals surface area contributed by atoms with Gasteiger partial charge in [-0.25, -0.2) is 12.8 Å². The normalized spacial score (nSPS) is 14.9. The van der Waals surface area contributed by atoms with Crippen molar-refractivity contribution in [1.82, 2.24) is 0 Å². The Hall–Kier alpha value is -2.97. The maximum atomic E-state index is 13.1. The molecule has 0 aliphatic carbocycles. The second kappa shape index (κ2) is 7.81. The van der Waals surface area contributed by atoms with Gasteiger partial charge < -0.3 is 10.4 Å². The van der Waals surface area contributed by atoms with Gasteiger partial charge in [-0.2, -0.15) is 18.4 Å². The summed E-state index contributed by atoms with van der Waals surface area (Å²) in [7, 11) is -4.32. The smallest absolute Gasteiger partial charge is 0.379 e. The third-order valence-electron chi connectivity index (χ3n) is 3.75. The first-order chi connectivity index (χ1) is 14.2. The van der Waals surface area contributed by atoms with Crippen molar-refractivity contribution in [2.75, 3.05) is 11.1 Å². The van der Waals surface area contributed by atoms with Crippen molar-refractivity contribution < 1.29 is 37.3 Å². The molecule has 154 valence electrons. The van der Waals surface area contributed by atoms with Crippen LogP contribution in [-0.4, -0.2) is 32.2 Å². The summed E-state index contributed by atoms with van der Waals surface area (Å²) in [5.74, 6) is -3.31. The quantitative estimate of drug-likeness (QED) is 0.539. The first kappa shape index (κ1) is 19.4. The number of benzene rings is 2. The van der Waals surface area contributed by atoms with Crippen molar-refractivity contribution in [3.05, 3.63) is 59.4 Å². The number of sulfone groups is 1. The summed E-state index contributed by atoms with van der Waals surface area (Å²) in [6.07, 6.45) is -4.95. The molecule has 29 heavy (non-hydrogen) atoms. The molecular weight excluding hydrogens is 416 g/mol. The van der Waals surface area contributed by atoms with Gasteiger partial charge in [0.05, 0.1) is 27.8 Å². The highest BCUT2D eigenvalue weighted by molar-refractivity contribution is 7.91. The molecule has 2 aromatic rings. The number of rotatable bonds is 6. The molecule has 1 amide bonds. The Balaban J connectivity index is 2.40. The summed E-state index contributed by atoms with van der Waals surface area (Å²) in [5.41, 5.74) is -5.25. The average molecular weight is 432 g/mol. The first-order valence-electron chi connectivity index (χ1n) is 8.68. The summed E-state index contributed by atoms with van der Waals surface area (Å²) in [4.78, 5) is 12.3. The number of nitrogens with zero attached hydrogens (tertiary/aromatic N) is 1. The molecule has 6 nitrogen and oxygen atoms in total. The molecule has 0 radical (unpaired) electrons. The number of nitriles is 1. The Kier molecular flexibility index (Phi) is 5.21. The van der Waals surface area contributed by atoms with E-state index in [2.05, 4.69) is 5.11 Å². The summed E-state index contributed by atoms with van der Waals surface area (Å²) in [5, 5.41) is 13.1. The molecule has 0 saturated carbocycles. The number of amides is 1. The summed E-state index contributed by atoms with van der Waals surface area (Å²) in [6.45, 7) is 0.874. The molecule has 2 N–H and O–H groups in total. The zero-order chi connectivity index (χ0) is 23.6. The van der Waals surface area contributed by atoms with Crippen LogP contribution < -0.4 is 5.31 Å². The van der Waals surface area contributed by atoms with Gasteiger partial charge in [-0.1, -0.05) is 0 Å². The molecule has 1 unspecified atom stereocenters. The van der Waals surface area contributed by atoms with Gasteiger partial charge in [-0.3, -0.25) is 4.79 Å². The lowest BCUT2D eigenvalue weighted by molar-refractivity contribution is -0.137. The van der Waals surface area contributed by atoms with Crippen LogP contribution in [0.25, 0.3) is 0 Å². The fraction of sp³-hybridized carbons (Fsp3) is 0.222. The molecule has 0 aliphatic rings. The largest absolute Gasteiger partial charge is 0.417 e. The van der Waals surface area contributed by atoms with Crippen LogP contribution in [0.1, 0.15) is 18.1 Å². The lowest BCUT2D eigenvalue weighted by Crippen LogP contribution is -2.45. The second-order valence-electron chi connectivity index (χ2n) is 6.20. The van der Waals surface area contributed by atoms with E-state index >= 15 is 0 Å². The zero-order valence-electron chi connectivity index (χ0n) is 16.7. The van der Waals surface area contributed by atoms with E-state index in [4.69, 9.17) is 8.10 Å².